The van der Waals surface area contributed by atoms with E-state index in [0.29, 0.717) is 12.5 Å². The predicted molar refractivity (Wildman–Crippen MR) is 114 cm³/mol. The van der Waals surface area contributed by atoms with Crippen molar-refractivity contribution in [3.05, 3.63) is 0 Å². The van der Waals surface area contributed by atoms with Crippen LogP contribution in [0, 0.1) is 17.8 Å². The first-order valence-electron chi connectivity index (χ1n) is 11.8. The number of rotatable bonds is 6. The minimum atomic E-state index is 0.134. The van der Waals surface area contributed by atoms with Gasteiger partial charge in [0, 0.05) is 31.6 Å². The molecule has 0 aromatic carbocycles. The Morgan fingerprint density at radius 1 is 1.00 bits per heavy atom. The van der Waals surface area contributed by atoms with Crippen molar-refractivity contribution in [1.82, 2.24) is 14.7 Å². The molecule has 0 aromatic rings. The minimum Gasteiger partial charge on any atom is -0.373 e. The number of carbonyl (C=O) groups excluding carboxylic acids is 1. The summed E-state index contributed by atoms with van der Waals surface area (Å²) in [7, 11) is 0. The van der Waals surface area contributed by atoms with Gasteiger partial charge in [0.25, 0.3) is 0 Å². The van der Waals surface area contributed by atoms with Gasteiger partial charge >= 0.3 is 0 Å². The number of likely N-dealkylation sites (tertiary alicyclic amines) is 2. The molecule has 0 spiro atoms. The molecule has 5 nitrogen and oxygen atoms in total. The first-order chi connectivity index (χ1) is 13.5. The molecule has 3 saturated heterocycles. The summed E-state index contributed by atoms with van der Waals surface area (Å²) in [5, 5.41) is 0. The number of nitrogens with zero attached hydrogens (tertiary/aromatic N) is 3. The molecule has 2 atom stereocenters. The summed E-state index contributed by atoms with van der Waals surface area (Å²) in [5.41, 5.74) is 0. The lowest BCUT2D eigenvalue weighted by Crippen LogP contribution is -2.53. The van der Waals surface area contributed by atoms with Crippen molar-refractivity contribution >= 4 is 5.91 Å². The van der Waals surface area contributed by atoms with Crippen LogP contribution in [-0.4, -0.2) is 85.2 Å². The van der Waals surface area contributed by atoms with Gasteiger partial charge in [-0.3, -0.25) is 4.79 Å². The van der Waals surface area contributed by atoms with Gasteiger partial charge in [0.15, 0.2) is 0 Å². The molecule has 5 heteroatoms. The summed E-state index contributed by atoms with van der Waals surface area (Å²) in [6.45, 7) is 17.0. The molecule has 3 fully saturated rings. The minimum absolute atomic E-state index is 0.134. The van der Waals surface area contributed by atoms with Gasteiger partial charge in [0.05, 0.1) is 12.7 Å². The van der Waals surface area contributed by atoms with E-state index in [0.717, 1.165) is 43.9 Å². The lowest BCUT2D eigenvalue weighted by molar-refractivity contribution is -0.143. The van der Waals surface area contributed by atoms with Gasteiger partial charge in [-0.15, -0.1) is 0 Å². The van der Waals surface area contributed by atoms with E-state index in [-0.39, 0.29) is 12.0 Å². The van der Waals surface area contributed by atoms with Crippen LogP contribution in [0.5, 0.6) is 0 Å². The molecule has 3 rings (SSSR count). The number of hydrogen-bond donors (Lipinski definition) is 0. The quantitative estimate of drug-likeness (QED) is 0.695. The molecule has 0 aliphatic carbocycles. The highest BCUT2D eigenvalue weighted by molar-refractivity contribution is 5.78. The van der Waals surface area contributed by atoms with Crippen molar-refractivity contribution in [3.8, 4) is 0 Å². The average Bonchev–Trinajstić information content (AvgIpc) is 2.73. The van der Waals surface area contributed by atoms with E-state index >= 15 is 0 Å². The van der Waals surface area contributed by atoms with E-state index in [1.807, 2.05) is 11.8 Å². The standard InChI is InChI=1S/C23H43N3O2/c1-5-19(4)23(27)26-14-15-28-22(17-26)16-24-10-8-21(9-11-24)25-12-6-20(7-13-25)18(2)3/h18-22H,5-17H2,1-4H3/t19?,22-/m0/s1. The molecule has 0 saturated carbocycles. The topological polar surface area (TPSA) is 36.0 Å². The molecule has 0 radical (unpaired) electrons. The Morgan fingerprint density at radius 3 is 2.29 bits per heavy atom. The van der Waals surface area contributed by atoms with Crippen LogP contribution in [0.15, 0.2) is 0 Å². The number of piperidine rings is 2. The van der Waals surface area contributed by atoms with Crippen LogP contribution in [0.1, 0.15) is 59.8 Å². The zero-order valence-electron chi connectivity index (χ0n) is 18.7. The normalized spacial score (nSPS) is 28.0. The third kappa shape index (κ3) is 5.70. The molecule has 162 valence electrons. The lowest BCUT2D eigenvalue weighted by atomic mass is 9.85. The second-order valence-electron chi connectivity index (χ2n) is 9.74. The first-order valence-corrected chi connectivity index (χ1v) is 11.8. The summed E-state index contributed by atoms with van der Waals surface area (Å²) in [4.78, 5) is 19.9. The lowest BCUT2D eigenvalue weighted by Gasteiger charge is -2.43. The Hall–Kier alpha value is -0.650. The second-order valence-corrected chi connectivity index (χ2v) is 9.74. The highest BCUT2D eigenvalue weighted by Crippen LogP contribution is 2.28. The highest BCUT2D eigenvalue weighted by Gasteiger charge is 2.31. The maximum absolute atomic E-state index is 12.5. The number of ether oxygens (including phenoxy) is 1. The van der Waals surface area contributed by atoms with Crippen LogP contribution >= 0.6 is 0 Å². The van der Waals surface area contributed by atoms with E-state index in [1.165, 1.54) is 51.9 Å². The SMILES string of the molecule is CCC(C)C(=O)N1CCO[C@@H](CN2CCC(N3CCC(C(C)C)CC3)CC2)C1. The Labute approximate surface area is 172 Å². The van der Waals surface area contributed by atoms with E-state index in [1.54, 1.807) is 0 Å². The van der Waals surface area contributed by atoms with Gasteiger partial charge in [-0.1, -0.05) is 27.7 Å². The highest BCUT2D eigenvalue weighted by atomic mass is 16.5. The summed E-state index contributed by atoms with van der Waals surface area (Å²) >= 11 is 0. The predicted octanol–water partition coefficient (Wildman–Crippen LogP) is 3.09. The van der Waals surface area contributed by atoms with Crippen molar-refractivity contribution in [2.45, 2.75) is 71.9 Å². The molecule has 0 N–H and O–H groups in total. The maximum atomic E-state index is 12.5. The van der Waals surface area contributed by atoms with E-state index in [2.05, 4.69) is 30.6 Å². The van der Waals surface area contributed by atoms with E-state index < -0.39 is 0 Å². The zero-order valence-corrected chi connectivity index (χ0v) is 18.7. The summed E-state index contributed by atoms with van der Waals surface area (Å²) in [5.74, 6) is 2.21. The number of amides is 1. The molecular weight excluding hydrogens is 350 g/mol. The summed E-state index contributed by atoms with van der Waals surface area (Å²) < 4.78 is 6.01. The van der Waals surface area contributed by atoms with Crippen LogP contribution in [0.4, 0.5) is 0 Å². The molecule has 1 unspecified atom stereocenters. The molecular formula is C23H43N3O2. The summed E-state index contributed by atoms with van der Waals surface area (Å²) in [6.07, 6.45) is 6.44. The molecule has 3 heterocycles. The van der Waals surface area contributed by atoms with Crippen LogP contribution in [0.3, 0.4) is 0 Å². The average molecular weight is 394 g/mol. The van der Waals surface area contributed by atoms with Crippen molar-refractivity contribution in [2.24, 2.45) is 17.8 Å². The van der Waals surface area contributed by atoms with Crippen molar-refractivity contribution in [2.75, 3.05) is 52.4 Å². The van der Waals surface area contributed by atoms with Gasteiger partial charge < -0.3 is 19.4 Å². The van der Waals surface area contributed by atoms with Crippen molar-refractivity contribution < 1.29 is 9.53 Å². The Balaban J connectivity index is 1.39. The fourth-order valence-electron chi connectivity index (χ4n) is 5.22. The number of morpholine rings is 1. The fraction of sp³-hybridized carbons (Fsp3) is 0.957. The molecule has 1 amide bonds. The van der Waals surface area contributed by atoms with Crippen LogP contribution in [0.2, 0.25) is 0 Å². The van der Waals surface area contributed by atoms with Gasteiger partial charge in [0.1, 0.15) is 0 Å². The molecule has 28 heavy (non-hydrogen) atoms. The monoisotopic (exact) mass is 393 g/mol. The number of hydrogen-bond acceptors (Lipinski definition) is 4. The van der Waals surface area contributed by atoms with Crippen molar-refractivity contribution in [1.29, 1.82) is 0 Å². The summed E-state index contributed by atoms with van der Waals surface area (Å²) in [6, 6.07) is 0.778. The fourth-order valence-corrected chi connectivity index (χ4v) is 5.22. The molecule has 3 aliphatic rings. The first kappa shape index (κ1) is 22.0. The van der Waals surface area contributed by atoms with Crippen molar-refractivity contribution in [3.63, 3.8) is 0 Å². The van der Waals surface area contributed by atoms with Gasteiger partial charge in [0.2, 0.25) is 5.91 Å². The third-order valence-electron chi connectivity index (χ3n) is 7.54. The van der Waals surface area contributed by atoms with Crippen LogP contribution in [-0.2, 0) is 9.53 Å². The van der Waals surface area contributed by atoms with Gasteiger partial charge in [-0.25, -0.2) is 0 Å². The maximum Gasteiger partial charge on any atom is 0.225 e. The van der Waals surface area contributed by atoms with Crippen LogP contribution in [0.25, 0.3) is 0 Å². The van der Waals surface area contributed by atoms with E-state index in [4.69, 9.17) is 4.74 Å². The number of carbonyl (C=O) groups is 1. The van der Waals surface area contributed by atoms with Gasteiger partial charge in [-0.05, 0) is 70.1 Å². The Morgan fingerprint density at radius 2 is 1.68 bits per heavy atom. The molecule has 0 bridgehead atoms. The second kappa shape index (κ2) is 10.4. The van der Waals surface area contributed by atoms with Crippen LogP contribution < -0.4 is 0 Å². The zero-order chi connectivity index (χ0) is 20.1. The Bertz CT molecular complexity index is 482. The largest absolute Gasteiger partial charge is 0.373 e. The smallest absolute Gasteiger partial charge is 0.225 e. The Kier molecular flexibility index (Phi) is 8.19. The van der Waals surface area contributed by atoms with E-state index in [9.17, 15) is 4.79 Å². The molecule has 3 aliphatic heterocycles. The van der Waals surface area contributed by atoms with Gasteiger partial charge in [-0.2, -0.15) is 0 Å². The third-order valence-corrected chi connectivity index (χ3v) is 7.54. The molecule has 0 aromatic heterocycles.